The lowest BCUT2D eigenvalue weighted by Crippen LogP contribution is -2.31. The molecule has 136 valence electrons. The summed E-state index contributed by atoms with van der Waals surface area (Å²) in [5.74, 6) is -0.229. The predicted octanol–water partition coefficient (Wildman–Crippen LogP) is 3.45. The number of amides is 1. The Morgan fingerprint density at radius 1 is 1.35 bits per heavy atom. The zero-order valence-corrected chi connectivity index (χ0v) is 16.2. The third-order valence-electron chi connectivity index (χ3n) is 4.32. The zero-order chi connectivity index (χ0) is 18.8. The van der Waals surface area contributed by atoms with Gasteiger partial charge in [0.2, 0.25) is 5.91 Å². The highest BCUT2D eigenvalue weighted by Gasteiger charge is 2.19. The summed E-state index contributed by atoms with van der Waals surface area (Å²) in [6.45, 7) is 1.89. The van der Waals surface area contributed by atoms with Crippen LogP contribution in [0.15, 0.2) is 45.7 Å². The Bertz CT molecular complexity index is 998. The molecule has 1 amide bonds. The highest BCUT2D eigenvalue weighted by Crippen LogP contribution is 2.23. The second-order valence-electron chi connectivity index (χ2n) is 5.92. The van der Waals surface area contributed by atoms with E-state index in [1.54, 1.807) is 37.2 Å². The van der Waals surface area contributed by atoms with Crippen molar-refractivity contribution in [2.24, 2.45) is 7.05 Å². The van der Waals surface area contributed by atoms with E-state index in [0.29, 0.717) is 15.4 Å². The molecule has 26 heavy (non-hydrogen) atoms. The van der Waals surface area contributed by atoms with E-state index in [9.17, 15) is 14.0 Å². The Morgan fingerprint density at radius 3 is 2.73 bits per heavy atom. The first-order chi connectivity index (χ1) is 12.4. The van der Waals surface area contributed by atoms with Crippen molar-refractivity contribution in [2.45, 2.75) is 18.1 Å². The molecule has 0 aliphatic carbocycles. The van der Waals surface area contributed by atoms with Gasteiger partial charge in [0, 0.05) is 14.1 Å². The van der Waals surface area contributed by atoms with Crippen LogP contribution < -0.4 is 5.56 Å². The molecule has 0 fully saturated rings. The van der Waals surface area contributed by atoms with Crippen molar-refractivity contribution < 1.29 is 9.18 Å². The average Bonchev–Trinajstić information content (AvgIpc) is 3.11. The number of thiophene rings is 1. The molecule has 1 aromatic carbocycles. The van der Waals surface area contributed by atoms with Crippen LogP contribution >= 0.6 is 23.1 Å². The van der Waals surface area contributed by atoms with Gasteiger partial charge in [-0.15, -0.1) is 11.3 Å². The second kappa shape index (κ2) is 7.59. The number of aromatic nitrogens is 2. The summed E-state index contributed by atoms with van der Waals surface area (Å²) in [5.41, 5.74) is 0.747. The fourth-order valence-electron chi connectivity index (χ4n) is 2.52. The maximum atomic E-state index is 13.1. The van der Waals surface area contributed by atoms with Crippen molar-refractivity contribution in [1.29, 1.82) is 0 Å². The summed E-state index contributed by atoms with van der Waals surface area (Å²) in [7, 11) is 3.37. The van der Waals surface area contributed by atoms with Crippen LogP contribution in [0.5, 0.6) is 0 Å². The third kappa shape index (κ3) is 3.66. The van der Waals surface area contributed by atoms with E-state index in [0.717, 1.165) is 5.56 Å². The van der Waals surface area contributed by atoms with E-state index in [2.05, 4.69) is 4.98 Å². The molecular formula is C18H18FN3O2S2. The molecule has 1 unspecified atom stereocenters. The van der Waals surface area contributed by atoms with Gasteiger partial charge in [0.25, 0.3) is 5.56 Å². The topological polar surface area (TPSA) is 55.2 Å². The molecule has 2 heterocycles. The summed E-state index contributed by atoms with van der Waals surface area (Å²) in [6, 6.07) is 7.69. The fourth-order valence-corrected chi connectivity index (χ4v) is 4.22. The van der Waals surface area contributed by atoms with Crippen LogP contribution in [0.1, 0.15) is 18.5 Å². The SMILES string of the molecule is CC(c1ccc(F)cc1)N(C)C(=O)CSc1nc2sccc2c(=O)n1C. The Morgan fingerprint density at radius 2 is 2.04 bits per heavy atom. The van der Waals surface area contributed by atoms with Crippen molar-refractivity contribution in [3.05, 3.63) is 57.4 Å². The lowest BCUT2D eigenvalue weighted by Gasteiger charge is -2.25. The fraction of sp³-hybridized carbons (Fsp3) is 0.278. The van der Waals surface area contributed by atoms with E-state index < -0.39 is 0 Å². The normalized spacial score (nSPS) is 12.3. The van der Waals surface area contributed by atoms with Crippen molar-refractivity contribution >= 4 is 39.2 Å². The Balaban J connectivity index is 1.71. The van der Waals surface area contributed by atoms with Crippen LogP contribution in [0.2, 0.25) is 0 Å². The summed E-state index contributed by atoms with van der Waals surface area (Å²) < 4.78 is 14.5. The van der Waals surface area contributed by atoms with Gasteiger partial charge >= 0.3 is 0 Å². The number of carbonyl (C=O) groups excluding carboxylic acids is 1. The average molecular weight is 391 g/mol. The highest BCUT2D eigenvalue weighted by molar-refractivity contribution is 7.99. The Labute approximate surface area is 158 Å². The number of benzene rings is 1. The quantitative estimate of drug-likeness (QED) is 0.494. The summed E-state index contributed by atoms with van der Waals surface area (Å²) in [6.07, 6.45) is 0. The Hall–Kier alpha value is -2.19. The first-order valence-electron chi connectivity index (χ1n) is 7.96. The van der Waals surface area contributed by atoms with Gasteiger partial charge in [-0.3, -0.25) is 14.2 Å². The number of thioether (sulfide) groups is 1. The number of nitrogens with zero attached hydrogens (tertiary/aromatic N) is 3. The Kier molecular flexibility index (Phi) is 5.43. The van der Waals surface area contributed by atoms with Crippen LogP contribution in [0, 0.1) is 5.82 Å². The third-order valence-corrected chi connectivity index (χ3v) is 6.14. The van der Waals surface area contributed by atoms with Crippen molar-refractivity contribution in [2.75, 3.05) is 12.8 Å². The molecule has 0 saturated heterocycles. The molecule has 8 heteroatoms. The van der Waals surface area contributed by atoms with Crippen LogP contribution in [-0.2, 0) is 11.8 Å². The van der Waals surface area contributed by atoms with Gasteiger partial charge in [0.05, 0.1) is 17.2 Å². The zero-order valence-electron chi connectivity index (χ0n) is 14.6. The highest BCUT2D eigenvalue weighted by atomic mass is 32.2. The first kappa shape index (κ1) is 18.6. The maximum absolute atomic E-state index is 13.1. The van der Waals surface area contributed by atoms with Crippen molar-refractivity contribution in [3.8, 4) is 0 Å². The van der Waals surface area contributed by atoms with E-state index >= 15 is 0 Å². The molecule has 0 radical (unpaired) electrons. The number of rotatable bonds is 5. The minimum Gasteiger partial charge on any atom is -0.338 e. The standard InChI is InChI=1S/C18H18FN3O2S2/c1-11(12-4-6-13(19)7-5-12)21(2)15(23)10-26-18-20-16-14(8-9-25-16)17(24)22(18)3/h4-9,11H,10H2,1-3H3. The van der Waals surface area contributed by atoms with Crippen molar-refractivity contribution in [3.63, 3.8) is 0 Å². The number of halogens is 1. The molecule has 0 spiro atoms. The van der Waals surface area contributed by atoms with Gasteiger partial charge in [0.1, 0.15) is 10.6 Å². The van der Waals surface area contributed by atoms with Gasteiger partial charge in [-0.05, 0) is 36.1 Å². The smallest absolute Gasteiger partial charge is 0.262 e. The number of carbonyl (C=O) groups is 1. The largest absolute Gasteiger partial charge is 0.338 e. The van der Waals surface area contributed by atoms with Gasteiger partial charge in [-0.1, -0.05) is 23.9 Å². The molecule has 1 atom stereocenters. The molecule has 5 nitrogen and oxygen atoms in total. The first-order valence-corrected chi connectivity index (χ1v) is 9.83. The van der Waals surface area contributed by atoms with Crippen LogP contribution in [0.3, 0.4) is 0 Å². The van der Waals surface area contributed by atoms with Crippen LogP contribution in [0.4, 0.5) is 4.39 Å². The lowest BCUT2D eigenvalue weighted by atomic mass is 10.1. The van der Waals surface area contributed by atoms with E-state index in [1.165, 1.54) is 39.8 Å². The second-order valence-corrected chi connectivity index (χ2v) is 7.76. The van der Waals surface area contributed by atoms with E-state index in [-0.39, 0.29) is 29.1 Å². The molecule has 0 N–H and O–H groups in total. The number of hydrogen-bond acceptors (Lipinski definition) is 5. The predicted molar refractivity (Wildman–Crippen MR) is 103 cm³/mol. The number of fused-ring (bicyclic) bond motifs is 1. The van der Waals surface area contributed by atoms with Gasteiger partial charge < -0.3 is 4.90 Å². The van der Waals surface area contributed by atoms with E-state index in [1.807, 2.05) is 12.3 Å². The molecule has 0 aliphatic heterocycles. The van der Waals surface area contributed by atoms with Crippen LogP contribution in [-0.4, -0.2) is 33.2 Å². The monoisotopic (exact) mass is 391 g/mol. The molecule has 0 saturated carbocycles. The molecule has 0 aliphatic rings. The molecular weight excluding hydrogens is 373 g/mol. The minimum absolute atomic E-state index is 0.0904. The molecule has 3 rings (SSSR count). The molecule has 0 bridgehead atoms. The molecule has 3 aromatic rings. The summed E-state index contributed by atoms with van der Waals surface area (Å²) in [5, 5.41) is 2.94. The van der Waals surface area contributed by atoms with Crippen LogP contribution in [0.25, 0.3) is 10.2 Å². The summed E-state index contributed by atoms with van der Waals surface area (Å²) in [4.78, 5) is 31.6. The molecule has 2 aromatic heterocycles. The van der Waals surface area contributed by atoms with E-state index in [4.69, 9.17) is 0 Å². The van der Waals surface area contributed by atoms with Gasteiger partial charge in [-0.2, -0.15) is 0 Å². The lowest BCUT2D eigenvalue weighted by molar-refractivity contribution is -0.128. The number of hydrogen-bond donors (Lipinski definition) is 0. The summed E-state index contributed by atoms with van der Waals surface area (Å²) >= 11 is 2.64. The minimum atomic E-state index is -0.304. The maximum Gasteiger partial charge on any atom is 0.262 e. The van der Waals surface area contributed by atoms with Crippen molar-refractivity contribution in [1.82, 2.24) is 14.5 Å². The van der Waals surface area contributed by atoms with Gasteiger partial charge in [0.15, 0.2) is 5.16 Å². The van der Waals surface area contributed by atoms with Gasteiger partial charge in [-0.25, -0.2) is 9.37 Å².